The Morgan fingerprint density at radius 2 is 1.86 bits per heavy atom. The molecule has 1 aromatic heterocycles. The molecule has 6 heteroatoms. The van der Waals surface area contributed by atoms with Crippen molar-refractivity contribution in [2.45, 2.75) is 65.8 Å². The van der Waals surface area contributed by atoms with E-state index in [4.69, 9.17) is 0 Å². The summed E-state index contributed by atoms with van der Waals surface area (Å²) in [6, 6.07) is 7.83. The summed E-state index contributed by atoms with van der Waals surface area (Å²) in [5, 5.41) is 5.97. The van der Waals surface area contributed by atoms with Gasteiger partial charge in [-0.15, -0.1) is 0 Å². The molecule has 2 aromatic rings. The second kappa shape index (κ2) is 8.39. The topological polar surface area (TPSA) is 76.0 Å². The molecule has 0 fully saturated rings. The molecule has 2 heterocycles. The first kappa shape index (κ1) is 21.1. The number of hydrogen-bond donors (Lipinski definition) is 2. The third-order valence-corrected chi connectivity index (χ3v) is 5.19. The minimum atomic E-state index is -0.271. The number of anilines is 1. The first-order chi connectivity index (χ1) is 13.7. The Morgan fingerprint density at radius 1 is 1.14 bits per heavy atom. The zero-order valence-corrected chi connectivity index (χ0v) is 18.1. The van der Waals surface area contributed by atoms with E-state index in [1.54, 1.807) is 0 Å². The lowest BCUT2D eigenvalue weighted by Gasteiger charge is -2.23. The molecule has 2 amide bonds. The number of para-hydroxylation sites is 1. The zero-order valence-electron chi connectivity index (χ0n) is 18.1. The summed E-state index contributed by atoms with van der Waals surface area (Å²) in [5.74, 6) is 0.207. The molecule has 0 aliphatic carbocycles. The Morgan fingerprint density at radius 3 is 2.55 bits per heavy atom. The quantitative estimate of drug-likeness (QED) is 0.797. The number of imidazole rings is 1. The molecular weight excluding hydrogens is 364 g/mol. The van der Waals surface area contributed by atoms with Crippen LogP contribution in [0.15, 0.2) is 24.3 Å². The summed E-state index contributed by atoms with van der Waals surface area (Å²) in [4.78, 5) is 30.3. The second-order valence-electron chi connectivity index (χ2n) is 9.19. The standard InChI is InChI=1S/C23H32N4O2/c1-15(2)14-24-21(28)19-18-12-8-9-13-27(18)20(26-19)22(29)25-17-11-7-6-10-16(17)23(3,4)5/h6-7,10-11,15H,8-9,12-14H2,1-5H3,(H,24,28)(H,25,29). The Balaban J connectivity index is 1.91. The molecule has 6 nitrogen and oxygen atoms in total. The Labute approximate surface area is 173 Å². The molecular formula is C23H32N4O2. The first-order valence-corrected chi connectivity index (χ1v) is 10.5. The predicted octanol–water partition coefficient (Wildman–Crippen LogP) is 4.16. The van der Waals surface area contributed by atoms with Gasteiger partial charge in [0.2, 0.25) is 0 Å². The van der Waals surface area contributed by atoms with Crippen LogP contribution in [-0.2, 0) is 18.4 Å². The first-order valence-electron chi connectivity index (χ1n) is 10.5. The summed E-state index contributed by atoms with van der Waals surface area (Å²) < 4.78 is 1.92. The molecule has 1 aromatic carbocycles. The molecule has 2 N–H and O–H groups in total. The van der Waals surface area contributed by atoms with Crippen LogP contribution < -0.4 is 10.6 Å². The van der Waals surface area contributed by atoms with Crippen LogP contribution in [0.3, 0.4) is 0 Å². The number of rotatable bonds is 5. The van der Waals surface area contributed by atoms with Crippen LogP contribution in [-0.4, -0.2) is 27.9 Å². The highest BCUT2D eigenvalue weighted by atomic mass is 16.2. The predicted molar refractivity (Wildman–Crippen MR) is 115 cm³/mol. The van der Waals surface area contributed by atoms with Crippen LogP contribution in [0.25, 0.3) is 0 Å². The van der Waals surface area contributed by atoms with Gasteiger partial charge in [0.1, 0.15) is 5.69 Å². The lowest BCUT2D eigenvalue weighted by Crippen LogP contribution is -2.29. The lowest BCUT2D eigenvalue weighted by molar-refractivity contribution is 0.0943. The van der Waals surface area contributed by atoms with Crippen molar-refractivity contribution in [3.8, 4) is 0 Å². The summed E-state index contributed by atoms with van der Waals surface area (Å²) >= 11 is 0. The van der Waals surface area contributed by atoms with Crippen LogP contribution in [0.5, 0.6) is 0 Å². The van der Waals surface area contributed by atoms with Crippen LogP contribution in [0.2, 0.25) is 0 Å². The average molecular weight is 397 g/mol. The van der Waals surface area contributed by atoms with Gasteiger partial charge >= 0.3 is 0 Å². The lowest BCUT2D eigenvalue weighted by atomic mass is 9.86. The van der Waals surface area contributed by atoms with Gasteiger partial charge in [0.15, 0.2) is 5.82 Å². The number of amides is 2. The molecule has 3 rings (SSSR count). The van der Waals surface area contributed by atoms with Crippen LogP contribution >= 0.6 is 0 Å². The smallest absolute Gasteiger partial charge is 0.291 e. The Hall–Kier alpha value is -2.63. The number of hydrogen-bond acceptors (Lipinski definition) is 3. The third kappa shape index (κ3) is 4.69. The summed E-state index contributed by atoms with van der Waals surface area (Å²) in [5.41, 5.74) is 3.00. The molecule has 0 saturated heterocycles. The fourth-order valence-electron chi connectivity index (χ4n) is 3.70. The maximum Gasteiger partial charge on any atom is 0.291 e. The molecule has 1 aliphatic heterocycles. The number of aromatic nitrogens is 2. The van der Waals surface area contributed by atoms with Crippen molar-refractivity contribution < 1.29 is 9.59 Å². The molecule has 29 heavy (non-hydrogen) atoms. The molecule has 1 aliphatic rings. The highest BCUT2D eigenvalue weighted by molar-refractivity contribution is 6.04. The molecule has 0 radical (unpaired) electrons. The largest absolute Gasteiger partial charge is 0.350 e. The van der Waals surface area contributed by atoms with E-state index in [-0.39, 0.29) is 17.2 Å². The molecule has 0 unspecified atom stereocenters. The SMILES string of the molecule is CC(C)CNC(=O)c1nc(C(=O)Nc2ccccc2C(C)(C)C)n2c1CCCC2. The van der Waals surface area contributed by atoms with Gasteiger partial charge in [-0.3, -0.25) is 9.59 Å². The van der Waals surface area contributed by atoms with Crippen molar-refractivity contribution in [1.29, 1.82) is 0 Å². The fourth-order valence-corrected chi connectivity index (χ4v) is 3.70. The van der Waals surface area contributed by atoms with Crippen LogP contribution in [0.1, 0.15) is 79.8 Å². The van der Waals surface area contributed by atoms with Crippen molar-refractivity contribution in [3.05, 3.63) is 47.0 Å². The van der Waals surface area contributed by atoms with E-state index in [2.05, 4.69) is 50.2 Å². The average Bonchev–Trinajstić information content (AvgIpc) is 3.05. The van der Waals surface area contributed by atoms with E-state index < -0.39 is 0 Å². The van der Waals surface area contributed by atoms with Crippen molar-refractivity contribution >= 4 is 17.5 Å². The Kier molecular flexibility index (Phi) is 6.10. The highest BCUT2D eigenvalue weighted by Gasteiger charge is 2.28. The van der Waals surface area contributed by atoms with Gasteiger partial charge in [-0.1, -0.05) is 52.8 Å². The van der Waals surface area contributed by atoms with Crippen molar-refractivity contribution in [2.24, 2.45) is 5.92 Å². The fraction of sp³-hybridized carbons (Fsp3) is 0.522. The van der Waals surface area contributed by atoms with Crippen molar-refractivity contribution in [3.63, 3.8) is 0 Å². The van der Waals surface area contributed by atoms with E-state index in [9.17, 15) is 9.59 Å². The third-order valence-electron chi connectivity index (χ3n) is 5.19. The van der Waals surface area contributed by atoms with Gasteiger partial charge in [0, 0.05) is 18.8 Å². The number of carbonyl (C=O) groups is 2. The molecule has 0 bridgehead atoms. The summed E-state index contributed by atoms with van der Waals surface area (Å²) in [7, 11) is 0. The van der Waals surface area contributed by atoms with Gasteiger partial charge < -0.3 is 15.2 Å². The van der Waals surface area contributed by atoms with Crippen molar-refractivity contribution in [1.82, 2.24) is 14.9 Å². The highest BCUT2D eigenvalue weighted by Crippen LogP contribution is 2.30. The number of carbonyl (C=O) groups excluding carboxylic acids is 2. The van der Waals surface area contributed by atoms with Gasteiger partial charge in [-0.05, 0) is 42.2 Å². The van der Waals surface area contributed by atoms with Crippen LogP contribution in [0, 0.1) is 5.92 Å². The summed E-state index contributed by atoms with van der Waals surface area (Å²) in [6.07, 6.45) is 2.75. The minimum Gasteiger partial charge on any atom is -0.350 e. The monoisotopic (exact) mass is 396 g/mol. The second-order valence-corrected chi connectivity index (χ2v) is 9.19. The van der Waals surface area contributed by atoms with E-state index in [0.29, 0.717) is 30.5 Å². The molecule has 0 atom stereocenters. The van der Waals surface area contributed by atoms with Gasteiger partial charge in [0.25, 0.3) is 11.8 Å². The number of benzene rings is 1. The maximum absolute atomic E-state index is 13.1. The summed E-state index contributed by atoms with van der Waals surface area (Å²) in [6.45, 7) is 11.8. The van der Waals surface area contributed by atoms with Gasteiger partial charge in [0.05, 0.1) is 5.69 Å². The van der Waals surface area contributed by atoms with Gasteiger partial charge in [-0.2, -0.15) is 0 Å². The van der Waals surface area contributed by atoms with Crippen LogP contribution in [0.4, 0.5) is 5.69 Å². The number of nitrogens with one attached hydrogen (secondary N) is 2. The molecule has 0 spiro atoms. The number of fused-ring (bicyclic) bond motifs is 1. The molecule has 156 valence electrons. The van der Waals surface area contributed by atoms with E-state index in [1.165, 1.54) is 0 Å². The van der Waals surface area contributed by atoms with E-state index in [1.807, 2.05) is 28.8 Å². The van der Waals surface area contributed by atoms with Gasteiger partial charge in [-0.25, -0.2) is 4.98 Å². The minimum absolute atomic E-state index is 0.0994. The normalized spacial score (nSPS) is 13.9. The number of nitrogens with zero attached hydrogens (tertiary/aromatic N) is 2. The Bertz CT molecular complexity index is 906. The van der Waals surface area contributed by atoms with E-state index in [0.717, 1.165) is 36.2 Å². The maximum atomic E-state index is 13.1. The zero-order chi connectivity index (χ0) is 21.2. The van der Waals surface area contributed by atoms with Crippen molar-refractivity contribution in [2.75, 3.05) is 11.9 Å². The van der Waals surface area contributed by atoms with E-state index >= 15 is 0 Å². The molecule has 0 saturated carbocycles.